The van der Waals surface area contributed by atoms with E-state index in [0.29, 0.717) is 13.0 Å². The van der Waals surface area contributed by atoms with Crippen molar-refractivity contribution < 1.29 is 22.8 Å². The third-order valence-electron chi connectivity index (χ3n) is 6.03. The highest BCUT2D eigenvalue weighted by molar-refractivity contribution is 7.90. The van der Waals surface area contributed by atoms with Crippen molar-refractivity contribution in [3.8, 4) is 0 Å². The van der Waals surface area contributed by atoms with Gasteiger partial charge >= 0.3 is 0 Å². The van der Waals surface area contributed by atoms with Gasteiger partial charge in [-0.25, -0.2) is 12.7 Å². The minimum absolute atomic E-state index is 0.00366. The molecule has 0 aromatic heterocycles. The average molecular weight is 500 g/mol. The summed E-state index contributed by atoms with van der Waals surface area (Å²) in [6.07, 6.45) is 1.41. The molecule has 3 amide bonds. The van der Waals surface area contributed by atoms with Gasteiger partial charge in [0.15, 0.2) is 0 Å². The first-order chi connectivity index (χ1) is 16.7. The molecule has 2 aromatic carbocycles. The molecule has 1 atom stereocenters. The van der Waals surface area contributed by atoms with Crippen molar-refractivity contribution in [2.75, 3.05) is 13.1 Å². The number of fused-ring (bicyclic) bond motifs is 1. The lowest BCUT2D eigenvalue weighted by Gasteiger charge is -2.31. The Labute approximate surface area is 207 Å². The zero-order valence-corrected chi connectivity index (χ0v) is 21.3. The summed E-state index contributed by atoms with van der Waals surface area (Å²) in [7, 11) is -3.92. The van der Waals surface area contributed by atoms with Gasteiger partial charge in [0.05, 0.1) is 5.56 Å². The predicted octanol–water partition coefficient (Wildman–Crippen LogP) is 3.25. The van der Waals surface area contributed by atoms with Gasteiger partial charge in [-0.15, -0.1) is 0 Å². The van der Waals surface area contributed by atoms with Gasteiger partial charge in [-0.2, -0.15) is 0 Å². The van der Waals surface area contributed by atoms with Gasteiger partial charge < -0.3 is 10.2 Å². The van der Waals surface area contributed by atoms with E-state index in [0.717, 1.165) is 21.9 Å². The first-order valence-electron chi connectivity index (χ1n) is 12.0. The third kappa shape index (κ3) is 5.90. The highest BCUT2D eigenvalue weighted by atomic mass is 32.2. The number of carbonyl (C=O) groups is 3. The third-order valence-corrected chi connectivity index (χ3v) is 7.87. The van der Waals surface area contributed by atoms with Crippen LogP contribution < -0.4 is 5.32 Å². The first kappa shape index (κ1) is 26.4. The lowest BCUT2D eigenvalue weighted by molar-refractivity contribution is -0.141. The number of aryl methyl sites for hydroxylation is 1. The molecule has 3 rings (SSSR count). The normalized spacial score (nSPS) is 14.9. The molecule has 0 unspecified atom stereocenters. The highest BCUT2D eigenvalue weighted by Gasteiger charge is 2.40. The van der Waals surface area contributed by atoms with Gasteiger partial charge in [0.1, 0.15) is 10.9 Å². The van der Waals surface area contributed by atoms with Crippen molar-refractivity contribution in [2.45, 2.75) is 63.9 Å². The zero-order chi connectivity index (χ0) is 25.6. The second kappa shape index (κ2) is 11.5. The molecule has 0 spiro atoms. The Morgan fingerprint density at radius 1 is 1.09 bits per heavy atom. The van der Waals surface area contributed by atoms with E-state index in [1.165, 1.54) is 12.1 Å². The topological polar surface area (TPSA) is 104 Å². The van der Waals surface area contributed by atoms with Crippen LogP contribution in [-0.2, 0) is 26.2 Å². The number of hydrogen-bond donors (Lipinski definition) is 1. The number of sulfonamides is 1. The molecule has 0 fully saturated rings. The Kier molecular flexibility index (Phi) is 8.67. The second-order valence-electron chi connectivity index (χ2n) is 8.71. The fourth-order valence-corrected chi connectivity index (χ4v) is 5.87. The summed E-state index contributed by atoms with van der Waals surface area (Å²) < 4.78 is 26.4. The first-order valence-corrected chi connectivity index (χ1v) is 13.4. The smallest absolute Gasteiger partial charge is 0.269 e. The molecular weight excluding hydrogens is 466 g/mol. The average Bonchev–Trinajstić information content (AvgIpc) is 3.03. The summed E-state index contributed by atoms with van der Waals surface area (Å²) in [4.78, 5) is 40.4. The molecule has 1 heterocycles. The summed E-state index contributed by atoms with van der Waals surface area (Å²) in [5, 5.41) is 2.88. The summed E-state index contributed by atoms with van der Waals surface area (Å²) in [5.74, 6) is -1.04. The molecule has 35 heavy (non-hydrogen) atoms. The fourth-order valence-electron chi connectivity index (χ4n) is 4.26. The van der Waals surface area contributed by atoms with E-state index in [4.69, 9.17) is 0 Å². The molecule has 188 valence electrons. The molecule has 1 aliphatic rings. The van der Waals surface area contributed by atoms with E-state index in [-0.39, 0.29) is 48.2 Å². The van der Waals surface area contributed by atoms with Crippen molar-refractivity contribution in [2.24, 2.45) is 0 Å². The van der Waals surface area contributed by atoms with Crippen LogP contribution in [-0.4, -0.2) is 54.5 Å². The molecule has 0 bridgehead atoms. The number of amides is 3. The van der Waals surface area contributed by atoms with Crippen molar-refractivity contribution in [1.29, 1.82) is 0 Å². The number of hydrogen-bond acceptors (Lipinski definition) is 5. The van der Waals surface area contributed by atoms with E-state index in [2.05, 4.69) is 5.32 Å². The maximum Gasteiger partial charge on any atom is 0.269 e. The molecule has 1 aliphatic heterocycles. The molecule has 1 N–H and O–H groups in total. The van der Waals surface area contributed by atoms with Crippen LogP contribution in [0.3, 0.4) is 0 Å². The minimum atomic E-state index is -3.92. The van der Waals surface area contributed by atoms with Crippen LogP contribution in [0, 0.1) is 6.92 Å². The molecule has 0 radical (unpaired) electrons. The number of carbonyl (C=O) groups excluding carboxylic acids is 3. The number of benzene rings is 2. The highest BCUT2D eigenvalue weighted by Crippen LogP contribution is 2.30. The van der Waals surface area contributed by atoms with E-state index < -0.39 is 22.0 Å². The van der Waals surface area contributed by atoms with Crippen molar-refractivity contribution in [3.05, 3.63) is 65.2 Å². The number of nitrogens with one attached hydrogen (secondary N) is 1. The maximum atomic E-state index is 13.3. The molecule has 2 aromatic rings. The van der Waals surface area contributed by atoms with E-state index in [1.807, 2.05) is 45.0 Å². The Bertz CT molecular complexity index is 1190. The maximum absolute atomic E-state index is 13.3. The van der Waals surface area contributed by atoms with Crippen molar-refractivity contribution >= 4 is 27.7 Å². The van der Waals surface area contributed by atoms with Gasteiger partial charge in [-0.3, -0.25) is 14.4 Å². The van der Waals surface area contributed by atoms with E-state index in [9.17, 15) is 22.8 Å². The zero-order valence-electron chi connectivity index (χ0n) is 20.5. The largest absolute Gasteiger partial charge is 0.354 e. The molecule has 8 nitrogen and oxygen atoms in total. The van der Waals surface area contributed by atoms with Crippen molar-refractivity contribution in [3.63, 3.8) is 0 Å². The number of rotatable bonds is 11. The lowest BCUT2D eigenvalue weighted by atomic mass is 10.1. The van der Waals surface area contributed by atoms with Crippen LogP contribution in [0.25, 0.3) is 0 Å². The Balaban J connectivity index is 1.74. The van der Waals surface area contributed by atoms with Crippen molar-refractivity contribution in [1.82, 2.24) is 14.5 Å². The quantitative estimate of drug-likeness (QED) is 0.511. The Morgan fingerprint density at radius 2 is 1.83 bits per heavy atom. The molecule has 9 heteroatoms. The van der Waals surface area contributed by atoms with Crippen LogP contribution >= 0.6 is 0 Å². The van der Waals surface area contributed by atoms with Crippen LogP contribution in [0.2, 0.25) is 0 Å². The summed E-state index contributed by atoms with van der Waals surface area (Å²) >= 11 is 0. The van der Waals surface area contributed by atoms with Crippen LogP contribution in [0.1, 0.15) is 61.0 Å². The van der Waals surface area contributed by atoms with Crippen LogP contribution in [0.5, 0.6) is 0 Å². The molecule has 0 aliphatic carbocycles. The summed E-state index contributed by atoms with van der Waals surface area (Å²) in [6.45, 7) is 6.48. The van der Waals surface area contributed by atoms with E-state index in [1.54, 1.807) is 17.0 Å². The predicted molar refractivity (Wildman–Crippen MR) is 133 cm³/mol. The molecular formula is C26H33N3O5S. The minimum Gasteiger partial charge on any atom is -0.354 e. The standard InChI is InChI=1S/C26H33N3O5S/c1-4-15-27-25(31)22(5-2)28(18-20-11-8-10-19(3)17-20)24(30)14-9-16-29-26(32)21-12-6-7-13-23(21)35(29,33)34/h6-8,10-13,17,22H,4-5,9,14-16,18H2,1-3H3,(H,27,31)/t22-/m1/s1. The summed E-state index contributed by atoms with van der Waals surface area (Å²) in [5.41, 5.74) is 2.11. The number of nitrogens with zero attached hydrogens (tertiary/aromatic N) is 2. The second-order valence-corrected chi connectivity index (χ2v) is 10.5. The van der Waals surface area contributed by atoms with Gasteiger partial charge in [0.2, 0.25) is 11.8 Å². The Hall–Kier alpha value is -3.20. The Morgan fingerprint density at radius 3 is 2.49 bits per heavy atom. The van der Waals surface area contributed by atoms with Gasteiger partial charge in [-0.05, 0) is 43.9 Å². The lowest BCUT2D eigenvalue weighted by Crippen LogP contribution is -2.49. The molecule has 0 saturated heterocycles. The van der Waals surface area contributed by atoms with Gasteiger partial charge in [-0.1, -0.05) is 55.8 Å². The van der Waals surface area contributed by atoms with Gasteiger partial charge in [0.25, 0.3) is 15.9 Å². The van der Waals surface area contributed by atoms with Crippen LogP contribution in [0.4, 0.5) is 0 Å². The van der Waals surface area contributed by atoms with Crippen LogP contribution in [0.15, 0.2) is 53.4 Å². The van der Waals surface area contributed by atoms with E-state index >= 15 is 0 Å². The SMILES string of the molecule is CCCNC(=O)[C@@H](CC)N(Cc1cccc(C)c1)C(=O)CCCN1C(=O)c2ccccc2S1(=O)=O. The fraction of sp³-hybridized carbons (Fsp3) is 0.423. The summed E-state index contributed by atoms with van der Waals surface area (Å²) in [6, 6.07) is 13.2. The molecule has 0 saturated carbocycles. The monoisotopic (exact) mass is 499 g/mol. The van der Waals surface area contributed by atoms with Gasteiger partial charge in [0, 0.05) is 26.1 Å².